The summed E-state index contributed by atoms with van der Waals surface area (Å²) in [5.41, 5.74) is 3.22. The number of hydrogen-bond donors (Lipinski definition) is 1. The van der Waals surface area contributed by atoms with Crippen LogP contribution in [0.5, 0.6) is 0 Å². The molecule has 0 atom stereocenters. The number of hydrogen-bond acceptors (Lipinski definition) is 4. The van der Waals surface area contributed by atoms with E-state index in [-0.39, 0.29) is 0 Å². The summed E-state index contributed by atoms with van der Waals surface area (Å²) in [6.45, 7) is 0. The van der Waals surface area contributed by atoms with E-state index >= 15 is 0 Å². The number of para-hydroxylation sites is 1. The highest BCUT2D eigenvalue weighted by Crippen LogP contribution is 2.03. The highest BCUT2D eigenvalue weighted by molar-refractivity contribution is 5.49. The van der Waals surface area contributed by atoms with Gasteiger partial charge in [-0.1, -0.05) is 18.2 Å². The van der Waals surface area contributed by atoms with E-state index in [1.165, 1.54) is 0 Å². The summed E-state index contributed by atoms with van der Waals surface area (Å²) in [5.74, 6) is 0. The van der Waals surface area contributed by atoms with Gasteiger partial charge in [-0.05, 0) is 17.1 Å². The third-order valence-electron chi connectivity index (χ3n) is 1.12. The largest absolute Gasteiger partial charge is 0.358 e. The lowest BCUT2D eigenvalue weighted by atomic mass is 10.3. The Balaban J connectivity index is 2.49. The Hall–Kier alpha value is -1.91. The molecule has 1 aromatic carbocycles. The second-order valence-electron chi connectivity index (χ2n) is 2.01. The lowest BCUT2D eigenvalue weighted by Crippen LogP contribution is -1.96. The second-order valence-corrected chi connectivity index (χ2v) is 2.01. The molecule has 0 saturated heterocycles. The molecule has 0 heterocycles. The average Bonchev–Trinajstić information content (AvgIpc) is 2.05. The molecule has 5 heteroatoms. The van der Waals surface area contributed by atoms with E-state index < -0.39 is 4.92 Å². The fraction of sp³-hybridized carbons (Fsp3) is 0. The quantitative estimate of drug-likeness (QED) is 0.318. The van der Waals surface area contributed by atoms with Gasteiger partial charge in [0.15, 0.2) is 0 Å². The SMILES string of the molecule is O=[N+]([O-])/C=N/Nc1ccccc1. The number of anilines is 1. The van der Waals surface area contributed by atoms with Gasteiger partial charge in [-0.25, -0.2) is 0 Å². The minimum absolute atomic E-state index is 0.604. The Kier molecular flexibility index (Phi) is 2.78. The molecule has 1 N–H and O–H groups in total. The normalized spacial score (nSPS) is 10.0. The molecule has 62 valence electrons. The number of nitrogens with one attached hydrogen (secondary N) is 1. The molecule has 0 amide bonds. The number of nitro groups is 1. The molecule has 0 fully saturated rings. The number of hydrazone groups is 1. The highest BCUT2D eigenvalue weighted by atomic mass is 16.6. The van der Waals surface area contributed by atoms with Crippen molar-refractivity contribution in [2.24, 2.45) is 5.10 Å². The third-order valence-corrected chi connectivity index (χ3v) is 1.12. The van der Waals surface area contributed by atoms with E-state index in [1.54, 1.807) is 12.1 Å². The zero-order valence-electron chi connectivity index (χ0n) is 6.18. The molecule has 0 aliphatic carbocycles. The van der Waals surface area contributed by atoms with Gasteiger partial charge in [0.05, 0.1) is 5.69 Å². The molecule has 5 nitrogen and oxygen atoms in total. The molecule has 1 rings (SSSR count). The predicted molar refractivity (Wildman–Crippen MR) is 45.6 cm³/mol. The number of nitrogens with zero attached hydrogens (tertiary/aromatic N) is 2. The zero-order valence-corrected chi connectivity index (χ0v) is 6.18. The van der Waals surface area contributed by atoms with Gasteiger partial charge in [0.2, 0.25) is 0 Å². The average molecular weight is 165 g/mol. The summed E-state index contributed by atoms with van der Waals surface area (Å²) in [7, 11) is 0. The summed E-state index contributed by atoms with van der Waals surface area (Å²) in [6, 6.07) is 8.99. The van der Waals surface area contributed by atoms with Crippen molar-refractivity contribution < 1.29 is 4.92 Å². The van der Waals surface area contributed by atoms with Crippen molar-refractivity contribution in [3.8, 4) is 0 Å². The molecule has 0 aliphatic heterocycles. The topological polar surface area (TPSA) is 67.5 Å². The monoisotopic (exact) mass is 165 g/mol. The summed E-state index contributed by atoms with van der Waals surface area (Å²) in [4.78, 5) is 9.18. The van der Waals surface area contributed by atoms with Gasteiger partial charge >= 0.3 is 6.34 Å². The maximum atomic E-state index is 9.81. The lowest BCUT2D eigenvalue weighted by Gasteiger charge is -1.90. The van der Waals surface area contributed by atoms with Crippen LogP contribution in [0.4, 0.5) is 5.69 Å². The minimum Gasteiger partial charge on any atom is -0.358 e. The third kappa shape index (κ3) is 2.78. The maximum absolute atomic E-state index is 9.81. The highest BCUT2D eigenvalue weighted by Gasteiger charge is 1.89. The van der Waals surface area contributed by atoms with Crippen LogP contribution in [-0.2, 0) is 0 Å². The van der Waals surface area contributed by atoms with Crippen LogP contribution in [0.2, 0.25) is 0 Å². The van der Waals surface area contributed by atoms with Crippen LogP contribution in [0.15, 0.2) is 35.4 Å². The molecule has 0 spiro atoms. The van der Waals surface area contributed by atoms with Crippen molar-refractivity contribution in [1.29, 1.82) is 0 Å². The van der Waals surface area contributed by atoms with E-state index in [0.29, 0.717) is 6.34 Å². The summed E-state index contributed by atoms with van der Waals surface area (Å²) < 4.78 is 0. The molecule has 1 aromatic rings. The second kappa shape index (κ2) is 4.07. The van der Waals surface area contributed by atoms with E-state index in [1.807, 2.05) is 18.2 Å². The Morgan fingerprint density at radius 3 is 2.67 bits per heavy atom. The fourth-order valence-electron chi connectivity index (χ4n) is 0.663. The zero-order chi connectivity index (χ0) is 8.81. The molecule has 0 bridgehead atoms. The van der Waals surface area contributed by atoms with Crippen molar-refractivity contribution in [3.63, 3.8) is 0 Å². The number of benzene rings is 1. The van der Waals surface area contributed by atoms with Crippen LogP contribution in [0, 0.1) is 10.1 Å². The molecule has 0 aliphatic rings. The van der Waals surface area contributed by atoms with Gasteiger partial charge in [0, 0.05) is 5.10 Å². The lowest BCUT2D eigenvalue weighted by molar-refractivity contribution is -0.339. The predicted octanol–water partition coefficient (Wildman–Crippen LogP) is 1.32. The van der Waals surface area contributed by atoms with Crippen molar-refractivity contribution in [1.82, 2.24) is 0 Å². The van der Waals surface area contributed by atoms with Crippen molar-refractivity contribution in [2.75, 3.05) is 5.43 Å². The number of rotatable bonds is 3. The fourth-order valence-corrected chi connectivity index (χ4v) is 0.663. The maximum Gasteiger partial charge on any atom is 0.352 e. The van der Waals surface area contributed by atoms with Crippen LogP contribution >= 0.6 is 0 Å². The first kappa shape index (κ1) is 8.19. The van der Waals surface area contributed by atoms with Crippen LogP contribution in [-0.4, -0.2) is 11.3 Å². The van der Waals surface area contributed by atoms with Gasteiger partial charge < -0.3 is 10.1 Å². The Bertz CT molecular complexity index is 284. The Morgan fingerprint density at radius 2 is 2.08 bits per heavy atom. The first-order chi connectivity index (χ1) is 5.79. The molecule has 12 heavy (non-hydrogen) atoms. The van der Waals surface area contributed by atoms with Crippen molar-refractivity contribution >= 4 is 12.0 Å². The summed E-state index contributed by atoms with van der Waals surface area (Å²) in [6.07, 6.45) is 0.604. The van der Waals surface area contributed by atoms with Crippen molar-refractivity contribution in [3.05, 3.63) is 40.4 Å². The standard InChI is InChI=1S/C7H7N3O2/c11-10(12)6-8-9-7-4-2-1-3-5-7/h1-6,9H/b8-6+. The van der Waals surface area contributed by atoms with Crippen molar-refractivity contribution in [2.45, 2.75) is 0 Å². The molecule has 0 saturated carbocycles. The van der Waals surface area contributed by atoms with Gasteiger partial charge in [0.25, 0.3) is 0 Å². The van der Waals surface area contributed by atoms with E-state index in [4.69, 9.17) is 0 Å². The van der Waals surface area contributed by atoms with E-state index in [2.05, 4.69) is 10.5 Å². The molecule has 0 unspecified atom stereocenters. The smallest absolute Gasteiger partial charge is 0.352 e. The first-order valence-corrected chi connectivity index (χ1v) is 3.27. The van der Waals surface area contributed by atoms with Gasteiger partial charge in [-0.15, -0.1) is 0 Å². The van der Waals surface area contributed by atoms with Crippen LogP contribution in [0.1, 0.15) is 0 Å². The van der Waals surface area contributed by atoms with Crippen LogP contribution in [0.25, 0.3) is 0 Å². The van der Waals surface area contributed by atoms with Crippen LogP contribution in [0.3, 0.4) is 0 Å². The van der Waals surface area contributed by atoms with E-state index in [9.17, 15) is 10.1 Å². The molecular weight excluding hydrogens is 158 g/mol. The van der Waals surface area contributed by atoms with Crippen LogP contribution < -0.4 is 5.43 Å². The molecule has 0 aromatic heterocycles. The van der Waals surface area contributed by atoms with E-state index in [0.717, 1.165) is 5.69 Å². The Labute approximate surface area is 68.9 Å². The molecular formula is C7H7N3O2. The first-order valence-electron chi connectivity index (χ1n) is 3.27. The van der Waals surface area contributed by atoms with Gasteiger partial charge in [-0.2, -0.15) is 5.43 Å². The summed E-state index contributed by atoms with van der Waals surface area (Å²) >= 11 is 0. The minimum atomic E-state index is -0.629. The Morgan fingerprint density at radius 1 is 1.42 bits per heavy atom. The molecule has 0 radical (unpaired) electrons. The summed E-state index contributed by atoms with van der Waals surface area (Å²) in [5, 5.41) is 13.2. The van der Waals surface area contributed by atoms with Gasteiger partial charge in [-0.3, -0.25) is 0 Å². The van der Waals surface area contributed by atoms with Gasteiger partial charge in [0.1, 0.15) is 0 Å².